The monoisotopic (exact) mass is 330 g/mol. The van der Waals surface area contributed by atoms with Crippen molar-refractivity contribution in [2.24, 2.45) is 23.7 Å². The van der Waals surface area contributed by atoms with Gasteiger partial charge in [0, 0.05) is 0 Å². The molecule has 0 heteroatoms. The number of unbranched alkanes of at least 4 members (excludes halogenated alkanes) is 4. The van der Waals surface area contributed by atoms with Gasteiger partial charge in [0.1, 0.15) is 0 Å². The quantitative estimate of drug-likeness (QED) is 0.296. The van der Waals surface area contributed by atoms with Crippen LogP contribution in [-0.4, -0.2) is 0 Å². The number of allylic oxidation sites excluding steroid dienone is 4. The molecule has 2 aliphatic carbocycles. The van der Waals surface area contributed by atoms with Gasteiger partial charge in [-0.15, -0.1) is 0 Å². The molecule has 0 aliphatic heterocycles. The molecule has 0 aromatic heterocycles. The van der Waals surface area contributed by atoms with E-state index in [9.17, 15) is 0 Å². The smallest absolute Gasteiger partial charge is 0.0233 e. The van der Waals surface area contributed by atoms with E-state index < -0.39 is 0 Å². The van der Waals surface area contributed by atoms with Crippen LogP contribution in [0, 0.1) is 23.7 Å². The maximum atomic E-state index is 2.55. The van der Waals surface area contributed by atoms with Crippen LogP contribution in [0.1, 0.15) is 104 Å². The van der Waals surface area contributed by atoms with Gasteiger partial charge in [0.05, 0.1) is 0 Å². The van der Waals surface area contributed by atoms with Crippen LogP contribution in [0.25, 0.3) is 0 Å². The molecule has 24 heavy (non-hydrogen) atoms. The van der Waals surface area contributed by atoms with E-state index in [0.29, 0.717) is 0 Å². The Morgan fingerprint density at radius 2 is 0.958 bits per heavy atom. The van der Waals surface area contributed by atoms with Gasteiger partial charge in [0.2, 0.25) is 0 Å². The first kappa shape index (κ1) is 19.8. The Hall–Kier alpha value is -0.520. The summed E-state index contributed by atoms with van der Waals surface area (Å²) in [6.07, 6.45) is 29.9. The highest BCUT2D eigenvalue weighted by Gasteiger charge is 2.29. The van der Waals surface area contributed by atoms with Gasteiger partial charge < -0.3 is 0 Å². The van der Waals surface area contributed by atoms with Crippen LogP contribution in [-0.2, 0) is 0 Å². The summed E-state index contributed by atoms with van der Waals surface area (Å²) in [6.45, 7) is 4.57. The predicted octanol–water partition coefficient (Wildman–Crippen LogP) is 8.09. The molecule has 0 nitrogen and oxygen atoms in total. The van der Waals surface area contributed by atoms with Crippen molar-refractivity contribution in [3.63, 3.8) is 0 Å². The van der Waals surface area contributed by atoms with Crippen molar-refractivity contribution in [3.05, 3.63) is 24.3 Å². The van der Waals surface area contributed by atoms with Gasteiger partial charge in [-0.05, 0) is 87.9 Å². The van der Waals surface area contributed by atoms with Crippen LogP contribution < -0.4 is 0 Å². The largest absolute Gasteiger partial charge is 0.0883 e. The average molecular weight is 331 g/mol. The molecule has 2 rings (SSSR count). The Labute approximate surface area is 152 Å². The first-order chi connectivity index (χ1) is 11.8. The molecule has 2 aliphatic rings. The van der Waals surface area contributed by atoms with E-state index in [1.165, 1.54) is 89.9 Å². The maximum Gasteiger partial charge on any atom is -0.0233 e. The van der Waals surface area contributed by atoms with E-state index in [-0.39, 0.29) is 0 Å². The summed E-state index contributed by atoms with van der Waals surface area (Å²) in [5.74, 6) is 3.90. The molecule has 0 aromatic carbocycles. The minimum atomic E-state index is 0.899. The molecule has 2 saturated carbocycles. The van der Waals surface area contributed by atoms with Crippen molar-refractivity contribution in [2.45, 2.75) is 104 Å². The predicted molar refractivity (Wildman–Crippen MR) is 108 cm³/mol. The van der Waals surface area contributed by atoms with Crippen molar-refractivity contribution in [3.8, 4) is 0 Å². The molecule has 0 spiro atoms. The van der Waals surface area contributed by atoms with Gasteiger partial charge in [-0.3, -0.25) is 0 Å². The van der Waals surface area contributed by atoms with E-state index in [4.69, 9.17) is 0 Å². The molecule has 0 atom stereocenters. The van der Waals surface area contributed by atoms with Gasteiger partial charge in [0.25, 0.3) is 0 Å². The highest BCUT2D eigenvalue weighted by Crippen LogP contribution is 2.41. The minimum absolute atomic E-state index is 0.899. The second-order valence-electron chi connectivity index (χ2n) is 8.49. The van der Waals surface area contributed by atoms with Crippen LogP contribution in [0.3, 0.4) is 0 Å². The van der Waals surface area contributed by atoms with Crippen molar-refractivity contribution in [1.82, 2.24) is 0 Å². The summed E-state index contributed by atoms with van der Waals surface area (Å²) in [7, 11) is 0. The zero-order valence-corrected chi connectivity index (χ0v) is 16.5. The van der Waals surface area contributed by atoms with Crippen LogP contribution in [0.4, 0.5) is 0 Å². The number of hydrogen-bond acceptors (Lipinski definition) is 0. The van der Waals surface area contributed by atoms with Crippen molar-refractivity contribution in [2.75, 3.05) is 0 Å². The van der Waals surface area contributed by atoms with Gasteiger partial charge in [-0.2, -0.15) is 0 Å². The molecule has 0 saturated heterocycles. The fraction of sp³-hybridized carbons (Fsp3) is 0.833. The third-order valence-corrected chi connectivity index (χ3v) is 6.56. The molecule has 0 amide bonds. The fourth-order valence-electron chi connectivity index (χ4n) is 4.84. The Morgan fingerprint density at radius 1 is 0.583 bits per heavy atom. The first-order valence-electron chi connectivity index (χ1n) is 11.2. The summed E-state index contributed by atoms with van der Waals surface area (Å²) in [5.41, 5.74) is 0. The SMILES string of the molecule is CCCCC=CC1CCC(C2CCC(C=CCCCC)CC2)CC1. The lowest BCUT2D eigenvalue weighted by atomic mass is 9.69. The average Bonchev–Trinajstić information content (AvgIpc) is 2.64. The molecule has 0 bridgehead atoms. The van der Waals surface area contributed by atoms with Gasteiger partial charge in [-0.25, -0.2) is 0 Å². The summed E-state index contributed by atoms with van der Waals surface area (Å²) >= 11 is 0. The third-order valence-electron chi connectivity index (χ3n) is 6.56. The maximum absolute atomic E-state index is 2.55. The van der Waals surface area contributed by atoms with Crippen molar-refractivity contribution in [1.29, 1.82) is 0 Å². The molecule has 138 valence electrons. The molecule has 0 N–H and O–H groups in total. The summed E-state index contributed by atoms with van der Waals surface area (Å²) in [6, 6.07) is 0. The van der Waals surface area contributed by atoms with E-state index in [1.54, 1.807) is 0 Å². The lowest BCUT2D eigenvalue weighted by Crippen LogP contribution is -2.25. The molecular weight excluding hydrogens is 288 g/mol. The number of hydrogen-bond donors (Lipinski definition) is 0. The molecule has 0 unspecified atom stereocenters. The van der Waals surface area contributed by atoms with E-state index in [0.717, 1.165) is 23.7 Å². The lowest BCUT2D eigenvalue weighted by Gasteiger charge is -2.37. The Kier molecular flexibility index (Phi) is 9.85. The molecule has 2 fully saturated rings. The molecular formula is C24H42. The molecule has 0 radical (unpaired) electrons. The first-order valence-corrected chi connectivity index (χ1v) is 11.2. The molecule has 0 heterocycles. The highest BCUT2D eigenvalue weighted by molar-refractivity contribution is 4.94. The lowest BCUT2D eigenvalue weighted by molar-refractivity contribution is 0.166. The van der Waals surface area contributed by atoms with Gasteiger partial charge in [-0.1, -0.05) is 63.8 Å². The van der Waals surface area contributed by atoms with E-state index >= 15 is 0 Å². The zero-order chi connectivity index (χ0) is 17.0. The van der Waals surface area contributed by atoms with E-state index in [1.807, 2.05) is 0 Å². The second kappa shape index (κ2) is 11.9. The Balaban J connectivity index is 1.62. The Morgan fingerprint density at radius 3 is 1.29 bits per heavy atom. The zero-order valence-electron chi connectivity index (χ0n) is 16.5. The van der Waals surface area contributed by atoms with Gasteiger partial charge >= 0.3 is 0 Å². The summed E-state index contributed by atoms with van der Waals surface area (Å²) in [4.78, 5) is 0. The van der Waals surface area contributed by atoms with Crippen LogP contribution in [0.2, 0.25) is 0 Å². The van der Waals surface area contributed by atoms with Crippen LogP contribution in [0.15, 0.2) is 24.3 Å². The topological polar surface area (TPSA) is 0 Å². The van der Waals surface area contributed by atoms with E-state index in [2.05, 4.69) is 38.2 Å². The second-order valence-corrected chi connectivity index (χ2v) is 8.49. The van der Waals surface area contributed by atoms with Crippen LogP contribution >= 0.6 is 0 Å². The summed E-state index contributed by atoms with van der Waals surface area (Å²) < 4.78 is 0. The number of rotatable bonds is 9. The standard InChI is InChI=1S/C24H42/c1-3-5-7-9-11-21-13-17-23(18-14-21)24-19-15-22(16-20-24)12-10-8-6-4-2/h9-12,21-24H,3-8,13-20H2,1-2H3. The third kappa shape index (κ3) is 7.16. The Bertz CT molecular complexity index is 312. The van der Waals surface area contributed by atoms with Crippen molar-refractivity contribution >= 4 is 0 Å². The van der Waals surface area contributed by atoms with Gasteiger partial charge in [0.15, 0.2) is 0 Å². The summed E-state index contributed by atoms with van der Waals surface area (Å²) in [5, 5.41) is 0. The van der Waals surface area contributed by atoms with Crippen LogP contribution in [0.5, 0.6) is 0 Å². The highest BCUT2D eigenvalue weighted by atomic mass is 14.3. The fourth-order valence-corrected chi connectivity index (χ4v) is 4.84. The molecule has 0 aromatic rings. The normalized spacial score (nSPS) is 31.9. The van der Waals surface area contributed by atoms with Crippen molar-refractivity contribution < 1.29 is 0 Å². The minimum Gasteiger partial charge on any atom is -0.0883 e.